The van der Waals surface area contributed by atoms with Crippen molar-refractivity contribution in [3.63, 3.8) is 0 Å². The highest BCUT2D eigenvalue weighted by Gasteiger charge is 2.13. The van der Waals surface area contributed by atoms with Crippen molar-refractivity contribution >= 4 is 27.3 Å². The van der Waals surface area contributed by atoms with E-state index in [1.165, 1.54) is 24.1 Å². The van der Waals surface area contributed by atoms with Gasteiger partial charge in [0.25, 0.3) is 0 Å². The molecular formula is C12H19BrN2S. The zero-order chi connectivity index (χ0) is 11.8. The fourth-order valence-electron chi connectivity index (χ4n) is 1.66. The number of halogens is 1. The molecule has 1 unspecified atom stereocenters. The molecule has 0 aromatic carbocycles. The van der Waals surface area contributed by atoms with Gasteiger partial charge in [0, 0.05) is 9.35 Å². The molecule has 0 saturated carbocycles. The molecule has 1 atom stereocenters. The number of thiophene rings is 1. The third-order valence-electron chi connectivity index (χ3n) is 2.56. The first-order chi connectivity index (χ1) is 7.79. The lowest BCUT2D eigenvalue weighted by atomic mass is 10.1. The van der Waals surface area contributed by atoms with Gasteiger partial charge in [-0.1, -0.05) is 18.9 Å². The highest BCUT2D eigenvalue weighted by molar-refractivity contribution is 9.10. The maximum absolute atomic E-state index is 5.59. The molecule has 0 fully saturated rings. The van der Waals surface area contributed by atoms with Crippen LogP contribution in [0.4, 0.5) is 0 Å². The van der Waals surface area contributed by atoms with Crippen molar-refractivity contribution in [2.24, 2.45) is 5.84 Å². The van der Waals surface area contributed by atoms with Gasteiger partial charge in [0.1, 0.15) is 0 Å². The molecule has 90 valence electrons. The number of unbranched alkanes of at least 4 members (excludes halogenated alkanes) is 3. The Morgan fingerprint density at radius 2 is 2.31 bits per heavy atom. The second-order valence-electron chi connectivity index (χ2n) is 3.78. The molecule has 0 aliphatic heterocycles. The van der Waals surface area contributed by atoms with Crippen molar-refractivity contribution in [3.8, 4) is 0 Å². The molecule has 16 heavy (non-hydrogen) atoms. The third-order valence-corrected chi connectivity index (χ3v) is 4.55. The molecule has 1 aromatic heterocycles. The van der Waals surface area contributed by atoms with Crippen LogP contribution in [0.2, 0.25) is 0 Å². The average Bonchev–Trinajstić information content (AvgIpc) is 2.70. The van der Waals surface area contributed by atoms with Crippen molar-refractivity contribution in [2.75, 3.05) is 0 Å². The number of hydrogen-bond acceptors (Lipinski definition) is 3. The maximum atomic E-state index is 5.59. The second-order valence-corrected chi connectivity index (χ2v) is 5.58. The van der Waals surface area contributed by atoms with Gasteiger partial charge in [-0.15, -0.1) is 17.9 Å². The molecule has 1 aromatic rings. The zero-order valence-electron chi connectivity index (χ0n) is 9.42. The first-order valence-electron chi connectivity index (χ1n) is 5.59. The summed E-state index contributed by atoms with van der Waals surface area (Å²) in [5, 5.41) is 2.08. The lowest BCUT2D eigenvalue weighted by Crippen LogP contribution is -2.27. The fourth-order valence-corrected chi connectivity index (χ4v) is 3.40. The lowest BCUT2D eigenvalue weighted by molar-refractivity contribution is 0.489. The number of nitrogens with one attached hydrogen (secondary N) is 1. The summed E-state index contributed by atoms with van der Waals surface area (Å²) in [6.45, 7) is 3.72. The van der Waals surface area contributed by atoms with Crippen molar-refractivity contribution in [3.05, 3.63) is 33.5 Å². The van der Waals surface area contributed by atoms with Crippen LogP contribution in [-0.4, -0.2) is 0 Å². The molecule has 1 rings (SSSR count). The summed E-state index contributed by atoms with van der Waals surface area (Å²) < 4.78 is 1.16. The minimum Gasteiger partial charge on any atom is -0.271 e. The SMILES string of the molecule is C=CCCCCCC(NN)c1sccc1Br. The highest BCUT2D eigenvalue weighted by Crippen LogP contribution is 2.31. The number of hydrogen-bond donors (Lipinski definition) is 2. The summed E-state index contributed by atoms with van der Waals surface area (Å²) in [5.74, 6) is 5.59. The van der Waals surface area contributed by atoms with E-state index in [2.05, 4.69) is 39.4 Å². The van der Waals surface area contributed by atoms with Gasteiger partial charge < -0.3 is 0 Å². The van der Waals surface area contributed by atoms with Crippen molar-refractivity contribution < 1.29 is 0 Å². The lowest BCUT2D eigenvalue weighted by Gasteiger charge is -2.14. The molecule has 0 amide bonds. The summed E-state index contributed by atoms with van der Waals surface area (Å²) in [6.07, 6.45) is 7.86. The molecule has 0 aliphatic carbocycles. The van der Waals surface area contributed by atoms with Gasteiger partial charge in [-0.3, -0.25) is 11.3 Å². The fraction of sp³-hybridized carbons (Fsp3) is 0.500. The predicted molar refractivity (Wildman–Crippen MR) is 75.4 cm³/mol. The van der Waals surface area contributed by atoms with E-state index in [1.54, 1.807) is 11.3 Å². The molecule has 0 radical (unpaired) electrons. The minimum atomic E-state index is 0.276. The molecular weight excluding hydrogens is 284 g/mol. The molecule has 1 heterocycles. The van der Waals surface area contributed by atoms with Gasteiger partial charge in [0.2, 0.25) is 0 Å². The van der Waals surface area contributed by atoms with E-state index in [0.29, 0.717) is 0 Å². The summed E-state index contributed by atoms with van der Waals surface area (Å²) >= 11 is 5.29. The van der Waals surface area contributed by atoms with Crippen LogP contribution in [0.1, 0.15) is 43.0 Å². The van der Waals surface area contributed by atoms with E-state index >= 15 is 0 Å². The van der Waals surface area contributed by atoms with Crippen LogP contribution in [0.3, 0.4) is 0 Å². The van der Waals surface area contributed by atoms with Gasteiger partial charge in [-0.25, -0.2) is 0 Å². The van der Waals surface area contributed by atoms with Gasteiger partial charge in [-0.2, -0.15) is 0 Å². The van der Waals surface area contributed by atoms with Crippen molar-refractivity contribution in [1.29, 1.82) is 0 Å². The van der Waals surface area contributed by atoms with E-state index in [9.17, 15) is 0 Å². The van der Waals surface area contributed by atoms with Crippen molar-refractivity contribution in [1.82, 2.24) is 5.43 Å². The highest BCUT2D eigenvalue weighted by atomic mass is 79.9. The standard InChI is InChI=1S/C12H19BrN2S/c1-2-3-4-5-6-7-11(15-14)12-10(13)8-9-16-12/h2,8-9,11,15H,1,3-7,14H2. The summed E-state index contributed by atoms with van der Waals surface area (Å²) in [4.78, 5) is 1.30. The molecule has 0 aliphatic rings. The molecule has 3 N–H and O–H groups in total. The Bertz CT molecular complexity index is 312. The van der Waals surface area contributed by atoms with Crippen LogP contribution in [-0.2, 0) is 0 Å². The van der Waals surface area contributed by atoms with E-state index in [1.807, 2.05) is 6.08 Å². The van der Waals surface area contributed by atoms with Gasteiger partial charge in [0.15, 0.2) is 0 Å². The number of allylic oxidation sites excluding steroid dienone is 1. The maximum Gasteiger partial charge on any atom is 0.0564 e. The topological polar surface area (TPSA) is 38.0 Å². The van der Waals surface area contributed by atoms with Gasteiger partial charge in [0.05, 0.1) is 6.04 Å². The minimum absolute atomic E-state index is 0.276. The summed E-state index contributed by atoms with van der Waals surface area (Å²) in [5.41, 5.74) is 2.90. The Morgan fingerprint density at radius 3 is 2.88 bits per heavy atom. The Morgan fingerprint density at radius 1 is 1.50 bits per heavy atom. The quantitative estimate of drug-likeness (QED) is 0.328. The van der Waals surface area contributed by atoms with Crippen LogP contribution in [0.25, 0.3) is 0 Å². The van der Waals surface area contributed by atoms with Crippen LogP contribution < -0.4 is 11.3 Å². The number of nitrogens with two attached hydrogens (primary N) is 1. The van der Waals surface area contributed by atoms with Crippen molar-refractivity contribution in [2.45, 2.75) is 38.1 Å². The smallest absolute Gasteiger partial charge is 0.0564 e. The molecule has 4 heteroatoms. The Hall–Kier alpha value is -0.160. The normalized spacial score (nSPS) is 12.6. The van der Waals surface area contributed by atoms with Crippen LogP contribution >= 0.6 is 27.3 Å². The van der Waals surface area contributed by atoms with Gasteiger partial charge in [-0.05, 0) is 46.6 Å². The Kier molecular flexibility index (Phi) is 6.96. The predicted octanol–water partition coefficient (Wildman–Crippen LogP) is 4.15. The van der Waals surface area contributed by atoms with Crippen LogP contribution in [0.15, 0.2) is 28.6 Å². The Balaban J connectivity index is 2.33. The largest absolute Gasteiger partial charge is 0.271 e. The van der Waals surface area contributed by atoms with E-state index in [-0.39, 0.29) is 6.04 Å². The van der Waals surface area contributed by atoms with E-state index < -0.39 is 0 Å². The van der Waals surface area contributed by atoms with E-state index in [0.717, 1.165) is 17.3 Å². The molecule has 0 bridgehead atoms. The monoisotopic (exact) mass is 302 g/mol. The van der Waals surface area contributed by atoms with Crippen LogP contribution in [0.5, 0.6) is 0 Å². The zero-order valence-corrected chi connectivity index (χ0v) is 11.8. The summed E-state index contributed by atoms with van der Waals surface area (Å²) in [6, 6.07) is 2.35. The molecule has 0 spiro atoms. The Labute approximate surface area is 110 Å². The first-order valence-corrected chi connectivity index (χ1v) is 7.26. The molecule has 0 saturated heterocycles. The molecule has 2 nitrogen and oxygen atoms in total. The summed E-state index contributed by atoms with van der Waals surface area (Å²) in [7, 11) is 0. The third kappa shape index (κ3) is 4.37. The number of hydrazine groups is 1. The van der Waals surface area contributed by atoms with Gasteiger partial charge >= 0.3 is 0 Å². The number of rotatable bonds is 8. The second kappa shape index (κ2) is 8.01. The first kappa shape index (κ1) is 13.9. The van der Waals surface area contributed by atoms with Crippen LogP contribution in [0, 0.1) is 0 Å². The van der Waals surface area contributed by atoms with E-state index in [4.69, 9.17) is 5.84 Å². The average molecular weight is 303 g/mol.